The molecule has 0 bridgehead atoms. The van der Waals surface area contributed by atoms with Gasteiger partial charge in [0.05, 0.1) is 12.1 Å². The van der Waals surface area contributed by atoms with Gasteiger partial charge in [-0.25, -0.2) is 0 Å². The van der Waals surface area contributed by atoms with Gasteiger partial charge in [-0.1, -0.05) is 22.9 Å². The zero-order valence-corrected chi connectivity index (χ0v) is 10.4. The summed E-state index contributed by atoms with van der Waals surface area (Å²) in [6, 6.07) is 4.28. The van der Waals surface area contributed by atoms with Crippen LogP contribution < -0.4 is 0 Å². The second-order valence-corrected chi connectivity index (χ2v) is 4.35. The summed E-state index contributed by atoms with van der Waals surface area (Å²) in [7, 11) is 0. The molecule has 1 aromatic carbocycles. The molecule has 0 atom stereocenters. The van der Waals surface area contributed by atoms with E-state index in [1.54, 1.807) is 6.20 Å². The maximum atomic E-state index is 5.86. The monoisotopic (exact) mass is 235 g/mol. The van der Waals surface area contributed by atoms with Crippen LogP contribution in [0.15, 0.2) is 22.9 Å². The molecule has 2 aromatic rings. The predicted octanol–water partition coefficient (Wildman–Crippen LogP) is 4.01. The molecule has 3 heteroatoms. The zero-order valence-electron chi connectivity index (χ0n) is 9.67. The van der Waals surface area contributed by atoms with Crippen LogP contribution in [-0.4, -0.2) is 5.16 Å². The van der Waals surface area contributed by atoms with Crippen molar-refractivity contribution in [2.45, 2.75) is 26.7 Å². The van der Waals surface area contributed by atoms with E-state index in [0.717, 1.165) is 16.9 Å². The second kappa shape index (κ2) is 4.30. The van der Waals surface area contributed by atoms with Crippen molar-refractivity contribution >= 4 is 11.6 Å². The molecule has 0 spiro atoms. The highest BCUT2D eigenvalue weighted by Crippen LogP contribution is 2.31. The lowest BCUT2D eigenvalue weighted by molar-refractivity contribution is 0.431. The van der Waals surface area contributed by atoms with Crippen LogP contribution in [0, 0.1) is 20.8 Å². The number of nitrogens with zero attached hydrogens (tertiary/aromatic N) is 1. The standard InChI is InChI=1S/C13H14ClNO/c1-8-4-9(2)12(10(3)5-8)13-11(6-14)7-15-16-13/h4-5,7H,6H2,1-3H3. The summed E-state index contributed by atoms with van der Waals surface area (Å²) in [5, 5.41) is 3.81. The number of alkyl halides is 1. The van der Waals surface area contributed by atoms with E-state index in [4.69, 9.17) is 16.1 Å². The number of benzene rings is 1. The topological polar surface area (TPSA) is 26.0 Å². The van der Waals surface area contributed by atoms with Gasteiger partial charge in [-0.05, 0) is 31.9 Å². The molecule has 0 aliphatic carbocycles. The van der Waals surface area contributed by atoms with E-state index in [0.29, 0.717) is 5.88 Å². The average Bonchev–Trinajstić information content (AvgIpc) is 2.64. The van der Waals surface area contributed by atoms with Gasteiger partial charge in [0, 0.05) is 11.1 Å². The molecule has 2 nitrogen and oxygen atoms in total. The molecule has 0 saturated heterocycles. The number of hydrogen-bond donors (Lipinski definition) is 0. The van der Waals surface area contributed by atoms with Crippen molar-refractivity contribution in [2.75, 3.05) is 0 Å². The van der Waals surface area contributed by atoms with Crippen molar-refractivity contribution < 1.29 is 4.52 Å². The van der Waals surface area contributed by atoms with Gasteiger partial charge in [-0.15, -0.1) is 11.6 Å². The van der Waals surface area contributed by atoms with Gasteiger partial charge in [-0.2, -0.15) is 0 Å². The fourth-order valence-corrected chi connectivity index (χ4v) is 2.29. The molecule has 0 saturated carbocycles. The smallest absolute Gasteiger partial charge is 0.171 e. The summed E-state index contributed by atoms with van der Waals surface area (Å²) in [4.78, 5) is 0. The SMILES string of the molecule is Cc1cc(C)c(-c2oncc2CCl)c(C)c1. The molecule has 1 heterocycles. The minimum Gasteiger partial charge on any atom is -0.356 e. The molecule has 0 aliphatic heterocycles. The van der Waals surface area contributed by atoms with Crippen LogP contribution in [0.2, 0.25) is 0 Å². The van der Waals surface area contributed by atoms with E-state index in [1.165, 1.54) is 16.7 Å². The van der Waals surface area contributed by atoms with E-state index >= 15 is 0 Å². The minimum absolute atomic E-state index is 0.422. The third-order valence-electron chi connectivity index (χ3n) is 2.69. The van der Waals surface area contributed by atoms with E-state index in [-0.39, 0.29) is 0 Å². The van der Waals surface area contributed by atoms with Gasteiger partial charge in [0.15, 0.2) is 5.76 Å². The van der Waals surface area contributed by atoms with Gasteiger partial charge in [-0.3, -0.25) is 0 Å². The van der Waals surface area contributed by atoms with Crippen molar-refractivity contribution in [2.24, 2.45) is 0 Å². The van der Waals surface area contributed by atoms with E-state index in [1.807, 2.05) is 0 Å². The predicted molar refractivity (Wildman–Crippen MR) is 65.7 cm³/mol. The summed E-state index contributed by atoms with van der Waals surface area (Å²) in [5.74, 6) is 1.22. The van der Waals surface area contributed by atoms with Gasteiger partial charge in [0.2, 0.25) is 0 Å². The van der Waals surface area contributed by atoms with E-state index in [9.17, 15) is 0 Å². The minimum atomic E-state index is 0.422. The maximum Gasteiger partial charge on any atom is 0.171 e. The zero-order chi connectivity index (χ0) is 11.7. The molecule has 16 heavy (non-hydrogen) atoms. The molecule has 0 fully saturated rings. The first-order valence-corrected chi connectivity index (χ1v) is 5.74. The first-order chi connectivity index (χ1) is 7.63. The lowest BCUT2D eigenvalue weighted by atomic mass is 9.96. The van der Waals surface area contributed by atoms with Gasteiger partial charge < -0.3 is 4.52 Å². The average molecular weight is 236 g/mol. The maximum absolute atomic E-state index is 5.86. The Labute approximate surface area is 100 Å². The summed E-state index contributed by atoms with van der Waals surface area (Å²) in [6.45, 7) is 6.25. The number of aryl methyl sites for hydroxylation is 3. The van der Waals surface area contributed by atoms with Crippen molar-refractivity contribution in [1.82, 2.24) is 5.16 Å². The van der Waals surface area contributed by atoms with Crippen LogP contribution in [-0.2, 0) is 5.88 Å². The summed E-state index contributed by atoms with van der Waals surface area (Å²) in [5.41, 5.74) is 5.70. The fourth-order valence-electron chi connectivity index (χ4n) is 2.10. The Balaban J connectivity index is 2.64. The van der Waals surface area contributed by atoms with Crippen molar-refractivity contribution in [3.05, 3.63) is 40.6 Å². The van der Waals surface area contributed by atoms with Crippen LogP contribution in [0.3, 0.4) is 0 Å². The first kappa shape index (κ1) is 11.2. The number of halogens is 1. The van der Waals surface area contributed by atoms with Gasteiger partial charge >= 0.3 is 0 Å². The highest BCUT2D eigenvalue weighted by atomic mass is 35.5. The summed E-state index contributed by atoms with van der Waals surface area (Å²) < 4.78 is 5.31. The van der Waals surface area contributed by atoms with Crippen molar-refractivity contribution in [3.8, 4) is 11.3 Å². The number of rotatable bonds is 2. The fraction of sp³-hybridized carbons (Fsp3) is 0.308. The lowest BCUT2D eigenvalue weighted by Gasteiger charge is -2.09. The second-order valence-electron chi connectivity index (χ2n) is 4.09. The number of aromatic nitrogens is 1. The Morgan fingerprint density at radius 1 is 1.19 bits per heavy atom. The Morgan fingerprint density at radius 2 is 1.81 bits per heavy atom. The van der Waals surface area contributed by atoms with Crippen LogP contribution in [0.5, 0.6) is 0 Å². The Morgan fingerprint density at radius 3 is 2.38 bits per heavy atom. The molecular formula is C13H14ClNO. The largest absolute Gasteiger partial charge is 0.356 e. The van der Waals surface area contributed by atoms with Crippen molar-refractivity contribution in [3.63, 3.8) is 0 Å². The third kappa shape index (κ3) is 1.85. The van der Waals surface area contributed by atoms with E-state index in [2.05, 4.69) is 38.1 Å². The van der Waals surface area contributed by atoms with Gasteiger partial charge in [0.1, 0.15) is 0 Å². The summed E-state index contributed by atoms with van der Waals surface area (Å²) >= 11 is 5.86. The Hall–Kier alpha value is -1.28. The molecule has 0 radical (unpaired) electrons. The molecule has 0 N–H and O–H groups in total. The normalized spacial score (nSPS) is 10.8. The quantitative estimate of drug-likeness (QED) is 0.736. The molecule has 84 valence electrons. The van der Waals surface area contributed by atoms with Crippen LogP contribution in [0.4, 0.5) is 0 Å². The lowest BCUT2D eigenvalue weighted by Crippen LogP contribution is -1.91. The highest BCUT2D eigenvalue weighted by Gasteiger charge is 2.14. The summed E-state index contributed by atoms with van der Waals surface area (Å²) in [6.07, 6.45) is 1.68. The van der Waals surface area contributed by atoms with Crippen molar-refractivity contribution in [1.29, 1.82) is 0 Å². The van der Waals surface area contributed by atoms with Gasteiger partial charge in [0.25, 0.3) is 0 Å². The van der Waals surface area contributed by atoms with Crippen LogP contribution >= 0.6 is 11.6 Å². The number of hydrogen-bond acceptors (Lipinski definition) is 2. The van der Waals surface area contributed by atoms with E-state index < -0.39 is 0 Å². The first-order valence-electron chi connectivity index (χ1n) is 5.21. The highest BCUT2D eigenvalue weighted by molar-refractivity contribution is 6.17. The molecule has 0 aliphatic rings. The molecule has 0 amide bonds. The molecule has 1 aromatic heterocycles. The molecular weight excluding hydrogens is 222 g/mol. The molecule has 0 unspecified atom stereocenters. The van der Waals surface area contributed by atoms with Crippen LogP contribution in [0.25, 0.3) is 11.3 Å². The molecule has 2 rings (SSSR count). The Kier molecular flexibility index (Phi) is 3.01. The Bertz CT molecular complexity index is 493. The van der Waals surface area contributed by atoms with Crippen LogP contribution in [0.1, 0.15) is 22.3 Å². The third-order valence-corrected chi connectivity index (χ3v) is 2.98.